The summed E-state index contributed by atoms with van der Waals surface area (Å²) in [5, 5.41) is 11.7. The van der Waals surface area contributed by atoms with E-state index in [1.165, 1.54) is 0 Å². The van der Waals surface area contributed by atoms with Crippen LogP contribution < -0.4 is 4.74 Å². The zero-order chi connectivity index (χ0) is 21.8. The van der Waals surface area contributed by atoms with E-state index in [0.717, 1.165) is 24.0 Å². The van der Waals surface area contributed by atoms with Gasteiger partial charge in [0.1, 0.15) is 11.5 Å². The molecule has 1 heterocycles. The molecule has 1 aliphatic rings. The third-order valence-corrected chi connectivity index (χ3v) is 5.48. The number of aryl methyl sites for hydroxylation is 1. The molecule has 1 amide bonds. The Labute approximate surface area is 181 Å². The third-order valence-electron chi connectivity index (χ3n) is 5.23. The number of hydrogen-bond acceptors (Lipinski definition) is 4. The fraction of sp³-hybridized carbons (Fsp3) is 0.333. The maximum atomic E-state index is 12.9. The molecule has 3 rings (SSSR count). The number of aliphatic hydroxyl groups excluding tert-OH is 1. The first kappa shape index (κ1) is 21.9. The summed E-state index contributed by atoms with van der Waals surface area (Å²) in [4.78, 5) is 27.3. The van der Waals surface area contributed by atoms with Crippen LogP contribution in [0.2, 0.25) is 5.02 Å². The number of amides is 1. The maximum Gasteiger partial charge on any atom is 0.295 e. The monoisotopic (exact) mass is 427 g/mol. The summed E-state index contributed by atoms with van der Waals surface area (Å²) in [6.45, 7) is 6.77. The van der Waals surface area contributed by atoms with E-state index in [9.17, 15) is 14.7 Å². The van der Waals surface area contributed by atoms with Crippen LogP contribution in [-0.4, -0.2) is 34.8 Å². The average Bonchev–Trinajstić information content (AvgIpc) is 2.98. The molecular weight excluding hydrogens is 402 g/mol. The van der Waals surface area contributed by atoms with Crippen molar-refractivity contribution >= 4 is 29.1 Å². The Bertz CT molecular complexity index is 981. The molecule has 1 saturated heterocycles. The van der Waals surface area contributed by atoms with Gasteiger partial charge in [-0.15, -0.1) is 0 Å². The largest absolute Gasteiger partial charge is 0.507 e. The number of benzene rings is 2. The topological polar surface area (TPSA) is 66.8 Å². The Hall–Kier alpha value is -2.79. The third kappa shape index (κ3) is 4.21. The number of ether oxygens (including phenoxy) is 1. The summed E-state index contributed by atoms with van der Waals surface area (Å²) in [7, 11) is 0. The quantitative estimate of drug-likeness (QED) is 0.371. The van der Waals surface area contributed by atoms with Crippen LogP contribution >= 0.6 is 11.6 Å². The lowest BCUT2D eigenvalue weighted by molar-refractivity contribution is -0.139. The minimum Gasteiger partial charge on any atom is -0.507 e. The lowest BCUT2D eigenvalue weighted by Gasteiger charge is -2.25. The Kier molecular flexibility index (Phi) is 6.83. The van der Waals surface area contributed by atoms with E-state index in [-0.39, 0.29) is 11.3 Å². The van der Waals surface area contributed by atoms with Gasteiger partial charge in [0.05, 0.1) is 18.2 Å². The molecule has 30 heavy (non-hydrogen) atoms. The molecule has 0 aromatic heterocycles. The van der Waals surface area contributed by atoms with Crippen molar-refractivity contribution < 1.29 is 19.4 Å². The lowest BCUT2D eigenvalue weighted by atomic mass is 9.94. The summed E-state index contributed by atoms with van der Waals surface area (Å²) in [6, 6.07) is 11.6. The van der Waals surface area contributed by atoms with Gasteiger partial charge >= 0.3 is 0 Å². The molecule has 1 atom stereocenters. The van der Waals surface area contributed by atoms with Crippen LogP contribution in [0, 0.1) is 6.92 Å². The first-order valence-corrected chi connectivity index (χ1v) is 10.5. The van der Waals surface area contributed by atoms with Crippen molar-refractivity contribution in [2.75, 3.05) is 13.2 Å². The summed E-state index contributed by atoms with van der Waals surface area (Å²) < 4.78 is 5.56. The maximum absolute atomic E-state index is 12.9. The highest BCUT2D eigenvalue weighted by Gasteiger charge is 2.45. The number of carbonyl (C=O) groups excluding carboxylic acids is 2. The molecule has 6 heteroatoms. The van der Waals surface area contributed by atoms with Gasteiger partial charge in [0.15, 0.2) is 0 Å². The number of carbonyl (C=O) groups is 2. The second kappa shape index (κ2) is 9.35. The van der Waals surface area contributed by atoms with Crippen molar-refractivity contribution in [3.63, 3.8) is 0 Å². The zero-order valence-corrected chi connectivity index (χ0v) is 18.2. The summed E-state index contributed by atoms with van der Waals surface area (Å²) in [5.41, 5.74) is 2.15. The molecule has 1 N–H and O–H groups in total. The van der Waals surface area contributed by atoms with E-state index in [4.69, 9.17) is 16.3 Å². The van der Waals surface area contributed by atoms with E-state index in [0.29, 0.717) is 29.5 Å². The van der Waals surface area contributed by atoms with Crippen molar-refractivity contribution in [3.05, 3.63) is 69.8 Å². The second-order valence-corrected chi connectivity index (χ2v) is 7.75. The fourth-order valence-corrected chi connectivity index (χ4v) is 3.83. The minimum atomic E-state index is -0.671. The normalized spacial score (nSPS) is 18.1. The molecule has 0 spiro atoms. The molecule has 1 aliphatic heterocycles. The molecule has 1 unspecified atom stereocenters. The van der Waals surface area contributed by atoms with Gasteiger partial charge in [-0.05, 0) is 61.7 Å². The first-order chi connectivity index (χ1) is 14.4. The Morgan fingerprint density at radius 1 is 1.13 bits per heavy atom. The van der Waals surface area contributed by atoms with E-state index in [1.54, 1.807) is 47.4 Å². The predicted octanol–water partition coefficient (Wildman–Crippen LogP) is 5.27. The van der Waals surface area contributed by atoms with Gasteiger partial charge in [0, 0.05) is 17.1 Å². The Balaban J connectivity index is 2.13. The Morgan fingerprint density at radius 3 is 2.43 bits per heavy atom. The van der Waals surface area contributed by atoms with Gasteiger partial charge in [-0.2, -0.15) is 0 Å². The van der Waals surface area contributed by atoms with Crippen LogP contribution in [0.25, 0.3) is 5.76 Å². The molecule has 158 valence electrons. The van der Waals surface area contributed by atoms with Crippen molar-refractivity contribution in [3.8, 4) is 5.75 Å². The van der Waals surface area contributed by atoms with Gasteiger partial charge in [-0.1, -0.05) is 37.1 Å². The number of rotatable bonds is 7. The van der Waals surface area contributed by atoms with Crippen molar-refractivity contribution in [1.29, 1.82) is 0 Å². The highest BCUT2D eigenvalue weighted by molar-refractivity contribution is 6.46. The molecular formula is C24H26ClNO4. The number of ketones is 1. The number of aliphatic hydroxyl groups is 1. The number of nitrogens with zero attached hydrogens (tertiary/aromatic N) is 1. The van der Waals surface area contributed by atoms with Crippen LogP contribution in [0.1, 0.15) is 49.4 Å². The van der Waals surface area contributed by atoms with Crippen LogP contribution in [-0.2, 0) is 9.59 Å². The van der Waals surface area contributed by atoms with Gasteiger partial charge in [0.25, 0.3) is 11.7 Å². The molecule has 2 aromatic carbocycles. The molecule has 5 nitrogen and oxygen atoms in total. The molecule has 0 radical (unpaired) electrons. The van der Waals surface area contributed by atoms with Crippen LogP contribution in [0.3, 0.4) is 0 Å². The average molecular weight is 428 g/mol. The number of Topliss-reactive ketones (excluding diaryl/α,β-unsaturated/α-hetero) is 1. The van der Waals surface area contributed by atoms with E-state index < -0.39 is 17.7 Å². The van der Waals surface area contributed by atoms with Crippen LogP contribution in [0.15, 0.2) is 48.0 Å². The van der Waals surface area contributed by atoms with Gasteiger partial charge in [0.2, 0.25) is 0 Å². The van der Waals surface area contributed by atoms with Crippen LogP contribution in [0.5, 0.6) is 5.75 Å². The highest BCUT2D eigenvalue weighted by atomic mass is 35.5. The van der Waals surface area contributed by atoms with Gasteiger partial charge < -0.3 is 14.7 Å². The van der Waals surface area contributed by atoms with E-state index in [1.807, 2.05) is 20.8 Å². The fourth-order valence-electron chi connectivity index (χ4n) is 3.70. The van der Waals surface area contributed by atoms with Crippen molar-refractivity contribution in [2.45, 2.75) is 39.7 Å². The van der Waals surface area contributed by atoms with Crippen LogP contribution in [0.4, 0.5) is 0 Å². The molecule has 2 aromatic rings. The first-order valence-electron chi connectivity index (χ1n) is 10.2. The standard InChI is InChI=1S/C24H26ClNO4/c1-4-6-13-26-21(16-7-10-18(25)11-8-16)20(23(28)24(26)29)22(27)17-9-12-19(30-5-2)15(3)14-17/h7-12,14,21,27H,4-6,13H2,1-3H3/b22-20-. The second-order valence-electron chi connectivity index (χ2n) is 7.31. The lowest BCUT2D eigenvalue weighted by Crippen LogP contribution is -2.30. The summed E-state index contributed by atoms with van der Waals surface area (Å²) in [6.07, 6.45) is 1.65. The SMILES string of the molecule is CCCCN1C(=O)C(=O)/C(=C(\O)c2ccc(OCC)c(C)c2)C1c1ccc(Cl)cc1. The van der Waals surface area contributed by atoms with Gasteiger partial charge in [-0.25, -0.2) is 0 Å². The highest BCUT2D eigenvalue weighted by Crippen LogP contribution is 2.40. The Morgan fingerprint density at radius 2 is 1.83 bits per heavy atom. The predicted molar refractivity (Wildman–Crippen MR) is 118 cm³/mol. The van der Waals surface area contributed by atoms with E-state index >= 15 is 0 Å². The van der Waals surface area contributed by atoms with Crippen molar-refractivity contribution in [2.24, 2.45) is 0 Å². The van der Waals surface area contributed by atoms with E-state index in [2.05, 4.69) is 0 Å². The van der Waals surface area contributed by atoms with Crippen molar-refractivity contribution in [1.82, 2.24) is 4.90 Å². The number of likely N-dealkylation sites (tertiary alicyclic amines) is 1. The molecule has 1 fully saturated rings. The molecule has 0 bridgehead atoms. The summed E-state index contributed by atoms with van der Waals surface area (Å²) >= 11 is 6.03. The molecule has 0 aliphatic carbocycles. The number of unbranched alkanes of at least 4 members (excludes halogenated alkanes) is 1. The smallest absolute Gasteiger partial charge is 0.295 e. The minimum absolute atomic E-state index is 0.0991. The number of hydrogen-bond donors (Lipinski definition) is 1. The zero-order valence-electron chi connectivity index (χ0n) is 17.4. The molecule has 0 saturated carbocycles. The number of halogens is 1. The van der Waals surface area contributed by atoms with Gasteiger partial charge in [-0.3, -0.25) is 9.59 Å². The summed E-state index contributed by atoms with van der Waals surface area (Å²) in [5.74, 6) is -0.729.